The van der Waals surface area contributed by atoms with Gasteiger partial charge in [0.15, 0.2) is 11.0 Å². The lowest BCUT2D eigenvalue weighted by molar-refractivity contribution is -0.118. The lowest BCUT2D eigenvalue weighted by Gasteiger charge is -2.10. The molecule has 0 spiro atoms. The van der Waals surface area contributed by atoms with Gasteiger partial charge in [-0.05, 0) is 50.2 Å². The van der Waals surface area contributed by atoms with Gasteiger partial charge in [-0.3, -0.25) is 14.3 Å². The summed E-state index contributed by atoms with van der Waals surface area (Å²) in [6.45, 7) is 3.80. The van der Waals surface area contributed by atoms with Crippen molar-refractivity contribution in [2.75, 3.05) is 5.75 Å². The zero-order valence-electron chi connectivity index (χ0n) is 17.0. The number of pyridine rings is 1. The van der Waals surface area contributed by atoms with Crippen LogP contribution in [0, 0.1) is 6.92 Å². The number of furan rings is 1. The Morgan fingerprint density at radius 2 is 1.90 bits per heavy atom. The Bertz CT molecular complexity index is 1180. The maximum Gasteiger partial charge on any atom is 0.250 e. The molecule has 4 aromatic rings. The van der Waals surface area contributed by atoms with Gasteiger partial charge < -0.3 is 4.42 Å². The minimum absolute atomic E-state index is 0.134. The summed E-state index contributed by atoms with van der Waals surface area (Å²) in [6, 6.07) is 15.4. The summed E-state index contributed by atoms with van der Waals surface area (Å²) in [7, 11) is 0. The molecular weight excluding hydrogens is 412 g/mol. The largest absolute Gasteiger partial charge is 0.463 e. The molecule has 0 saturated heterocycles. The highest BCUT2D eigenvalue weighted by Gasteiger charge is 2.17. The summed E-state index contributed by atoms with van der Waals surface area (Å²) in [5.41, 5.74) is 6.09. The molecule has 3 aromatic heterocycles. The Labute approximate surface area is 183 Å². The summed E-state index contributed by atoms with van der Waals surface area (Å²) in [6.07, 6.45) is 4.98. The van der Waals surface area contributed by atoms with Gasteiger partial charge in [0.25, 0.3) is 5.91 Å². The second-order valence-corrected chi connectivity index (χ2v) is 7.65. The first-order valence-corrected chi connectivity index (χ1v) is 10.5. The van der Waals surface area contributed by atoms with Crippen LogP contribution in [0.15, 0.2) is 81.9 Å². The zero-order valence-corrected chi connectivity index (χ0v) is 17.8. The van der Waals surface area contributed by atoms with E-state index in [2.05, 4.69) is 25.7 Å². The highest BCUT2D eigenvalue weighted by atomic mass is 32.2. The molecule has 3 heterocycles. The molecule has 0 aliphatic rings. The molecule has 9 heteroatoms. The van der Waals surface area contributed by atoms with Gasteiger partial charge in [-0.2, -0.15) is 5.10 Å². The van der Waals surface area contributed by atoms with Crippen molar-refractivity contribution < 1.29 is 9.21 Å². The number of rotatable bonds is 7. The molecule has 156 valence electrons. The molecule has 0 radical (unpaired) electrons. The summed E-state index contributed by atoms with van der Waals surface area (Å²) in [5.74, 6) is 1.17. The molecule has 0 unspecified atom stereocenters. The Kier molecular flexibility index (Phi) is 6.23. The molecular formula is C22H20N6O2S. The molecule has 0 aliphatic heterocycles. The molecule has 8 nitrogen and oxygen atoms in total. The predicted molar refractivity (Wildman–Crippen MR) is 119 cm³/mol. The predicted octanol–water partition coefficient (Wildman–Crippen LogP) is 3.86. The molecule has 1 amide bonds. The van der Waals surface area contributed by atoms with Gasteiger partial charge in [-0.25, -0.2) is 5.43 Å². The van der Waals surface area contributed by atoms with Gasteiger partial charge >= 0.3 is 0 Å². The van der Waals surface area contributed by atoms with Crippen molar-refractivity contribution in [2.24, 2.45) is 5.10 Å². The quantitative estimate of drug-likeness (QED) is 0.270. The molecule has 0 bridgehead atoms. The lowest BCUT2D eigenvalue weighted by Crippen LogP contribution is -2.21. The van der Waals surface area contributed by atoms with Gasteiger partial charge in [-0.1, -0.05) is 29.5 Å². The second-order valence-electron chi connectivity index (χ2n) is 6.71. The van der Waals surface area contributed by atoms with Crippen LogP contribution in [0.5, 0.6) is 0 Å². The van der Waals surface area contributed by atoms with Crippen LogP contribution in [0.2, 0.25) is 0 Å². The average molecular weight is 433 g/mol. The summed E-state index contributed by atoms with van der Waals surface area (Å²) in [5, 5.41) is 13.4. The molecule has 0 atom stereocenters. The average Bonchev–Trinajstić information content (AvgIpc) is 3.48. The number of carbonyl (C=O) groups is 1. The van der Waals surface area contributed by atoms with E-state index in [4.69, 9.17) is 4.42 Å². The van der Waals surface area contributed by atoms with Crippen LogP contribution >= 0.6 is 11.8 Å². The van der Waals surface area contributed by atoms with E-state index < -0.39 is 0 Å². The van der Waals surface area contributed by atoms with Gasteiger partial charge in [0, 0.05) is 23.6 Å². The first-order valence-electron chi connectivity index (χ1n) is 9.54. The van der Waals surface area contributed by atoms with Crippen LogP contribution in [0.25, 0.3) is 17.1 Å². The van der Waals surface area contributed by atoms with E-state index in [1.54, 1.807) is 37.7 Å². The number of benzene rings is 1. The fourth-order valence-corrected chi connectivity index (χ4v) is 3.57. The van der Waals surface area contributed by atoms with E-state index >= 15 is 0 Å². The molecule has 0 saturated carbocycles. The van der Waals surface area contributed by atoms with Crippen LogP contribution in [0.3, 0.4) is 0 Å². The Morgan fingerprint density at radius 3 is 2.61 bits per heavy atom. The number of aryl methyl sites for hydroxylation is 1. The number of nitrogens with zero attached hydrogens (tertiary/aromatic N) is 5. The van der Waals surface area contributed by atoms with E-state index in [0.29, 0.717) is 22.5 Å². The second kappa shape index (κ2) is 9.40. The summed E-state index contributed by atoms with van der Waals surface area (Å²) < 4.78 is 7.20. The van der Waals surface area contributed by atoms with Crippen molar-refractivity contribution in [3.8, 4) is 17.1 Å². The molecule has 1 aromatic carbocycles. The van der Waals surface area contributed by atoms with Crippen molar-refractivity contribution in [1.82, 2.24) is 25.2 Å². The van der Waals surface area contributed by atoms with Crippen molar-refractivity contribution in [3.63, 3.8) is 0 Å². The van der Waals surface area contributed by atoms with Crippen molar-refractivity contribution in [3.05, 3.63) is 78.5 Å². The molecule has 1 N–H and O–H groups in total. The molecule has 4 rings (SSSR count). The van der Waals surface area contributed by atoms with Crippen LogP contribution in [0.1, 0.15) is 18.2 Å². The van der Waals surface area contributed by atoms with Crippen LogP contribution in [0.4, 0.5) is 0 Å². The third kappa shape index (κ3) is 4.89. The number of carbonyl (C=O) groups excluding carboxylic acids is 1. The highest BCUT2D eigenvalue weighted by Crippen LogP contribution is 2.27. The van der Waals surface area contributed by atoms with E-state index in [1.165, 1.54) is 11.8 Å². The van der Waals surface area contributed by atoms with E-state index in [9.17, 15) is 4.79 Å². The first kappa shape index (κ1) is 20.5. The lowest BCUT2D eigenvalue weighted by atomic mass is 10.2. The third-order valence-corrected chi connectivity index (χ3v) is 5.35. The number of thioether (sulfide) groups is 1. The first-order chi connectivity index (χ1) is 15.1. The monoisotopic (exact) mass is 432 g/mol. The number of hydrazone groups is 1. The fraction of sp³-hybridized carbons (Fsp3) is 0.136. The number of amides is 1. The summed E-state index contributed by atoms with van der Waals surface area (Å²) >= 11 is 1.29. The van der Waals surface area contributed by atoms with E-state index in [-0.39, 0.29) is 11.7 Å². The Hall–Kier alpha value is -3.72. The van der Waals surface area contributed by atoms with E-state index in [0.717, 1.165) is 16.8 Å². The Morgan fingerprint density at radius 1 is 1.13 bits per heavy atom. The smallest absolute Gasteiger partial charge is 0.250 e. The maximum atomic E-state index is 12.3. The van der Waals surface area contributed by atoms with Gasteiger partial charge in [-0.15, -0.1) is 10.2 Å². The Balaban J connectivity index is 1.54. The van der Waals surface area contributed by atoms with Crippen LogP contribution in [-0.4, -0.2) is 37.1 Å². The number of hydrogen-bond acceptors (Lipinski definition) is 7. The number of hydrogen-bond donors (Lipinski definition) is 1. The molecule has 0 aliphatic carbocycles. The van der Waals surface area contributed by atoms with Crippen molar-refractivity contribution in [2.45, 2.75) is 19.0 Å². The van der Waals surface area contributed by atoms with Crippen molar-refractivity contribution in [1.29, 1.82) is 0 Å². The highest BCUT2D eigenvalue weighted by molar-refractivity contribution is 7.99. The SMILES string of the molecule is C/C(=N\NC(=O)CSc1nnc(-c2ccncc2)n1-c1ccc(C)cc1)c1ccco1. The van der Waals surface area contributed by atoms with Crippen LogP contribution < -0.4 is 5.43 Å². The van der Waals surface area contributed by atoms with Gasteiger partial charge in [0.2, 0.25) is 0 Å². The fourth-order valence-electron chi connectivity index (χ4n) is 2.83. The minimum atomic E-state index is -0.250. The van der Waals surface area contributed by atoms with Gasteiger partial charge in [0.05, 0.1) is 12.0 Å². The topological polar surface area (TPSA) is 98.2 Å². The molecule has 0 fully saturated rings. The molecule has 31 heavy (non-hydrogen) atoms. The van der Waals surface area contributed by atoms with E-state index in [1.807, 2.05) is 47.9 Å². The zero-order chi connectivity index (χ0) is 21.6. The maximum absolute atomic E-state index is 12.3. The normalized spacial score (nSPS) is 11.5. The third-order valence-electron chi connectivity index (χ3n) is 4.42. The number of aromatic nitrogens is 4. The summed E-state index contributed by atoms with van der Waals surface area (Å²) in [4.78, 5) is 16.4. The number of nitrogens with one attached hydrogen (secondary N) is 1. The minimum Gasteiger partial charge on any atom is -0.463 e. The van der Waals surface area contributed by atoms with Crippen molar-refractivity contribution >= 4 is 23.4 Å². The van der Waals surface area contributed by atoms with Gasteiger partial charge in [0.1, 0.15) is 11.5 Å². The standard InChI is InChI=1S/C22H20N6O2S/c1-15-5-7-18(8-6-15)28-21(17-9-11-23-12-10-17)26-27-22(28)31-14-20(29)25-24-16(2)19-4-3-13-30-19/h3-13H,14H2,1-2H3,(H,25,29)/b24-16+. The van der Waals surface area contributed by atoms with Crippen LogP contribution in [-0.2, 0) is 4.79 Å².